The average molecular weight is 204 g/mol. The van der Waals surface area contributed by atoms with Gasteiger partial charge in [-0.25, -0.2) is 9.78 Å². The van der Waals surface area contributed by atoms with Crippen LogP contribution in [0, 0.1) is 20.8 Å². The number of hydrogen-bond donors (Lipinski definition) is 1. The molecule has 2 heterocycles. The Hall–Kier alpha value is -1.84. The predicted molar refractivity (Wildman–Crippen MR) is 56.4 cm³/mol. The van der Waals surface area contributed by atoms with E-state index < -0.39 is 5.97 Å². The zero-order valence-corrected chi connectivity index (χ0v) is 8.90. The van der Waals surface area contributed by atoms with Crippen LogP contribution in [0.2, 0.25) is 0 Å². The van der Waals surface area contributed by atoms with Crippen LogP contribution in [-0.2, 0) is 0 Å². The summed E-state index contributed by atoms with van der Waals surface area (Å²) in [5.74, 6) is -0.940. The molecule has 0 saturated carbocycles. The van der Waals surface area contributed by atoms with E-state index in [1.165, 1.54) is 0 Å². The summed E-state index contributed by atoms with van der Waals surface area (Å²) < 4.78 is 1.64. The summed E-state index contributed by atoms with van der Waals surface area (Å²) in [6, 6.07) is 1.99. The number of aromatic nitrogens is 2. The van der Waals surface area contributed by atoms with Gasteiger partial charge in [-0.1, -0.05) is 6.07 Å². The van der Waals surface area contributed by atoms with E-state index in [0.29, 0.717) is 5.69 Å². The molecule has 4 heteroatoms. The number of fused-ring (bicyclic) bond motifs is 1. The van der Waals surface area contributed by atoms with Crippen molar-refractivity contribution in [3.8, 4) is 0 Å². The zero-order valence-electron chi connectivity index (χ0n) is 8.90. The number of carbonyl (C=O) groups is 1. The lowest BCUT2D eigenvalue weighted by atomic mass is 10.2. The van der Waals surface area contributed by atoms with Crippen LogP contribution in [0.5, 0.6) is 0 Å². The fourth-order valence-corrected chi connectivity index (χ4v) is 1.85. The smallest absolute Gasteiger partial charge is 0.354 e. The number of carboxylic acid groups (broad SMARTS) is 1. The van der Waals surface area contributed by atoms with Gasteiger partial charge in [0.25, 0.3) is 0 Å². The van der Waals surface area contributed by atoms with E-state index in [-0.39, 0.29) is 5.69 Å². The number of hydrogen-bond acceptors (Lipinski definition) is 2. The molecule has 0 aromatic carbocycles. The molecule has 1 N–H and O–H groups in total. The molecule has 4 nitrogen and oxygen atoms in total. The minimum atomic E-state index is -0.940. The molecule has 0 aliphatic heterocycles. The minimum Gasteiger partial charge on any atom is -0.477 e. The van der Waals surface area contributed by atoms with Gasteiger partial charge < -0.3 is 5.11 Å². The Kier molecular flexibility index (Phi) is 2.00. The fraction of sp³-hybridized carbons (Fsp3) is 0.273. The van der Waals surface area contributed by atoms with Gasteiger partial charge in [-0.3, -0.25) is 4.40 Å². The Bertz CT molecular complexity index is 555. The molecule has 2 rings (SSSR count). The first-order valence-corrected chi connectivity index (χ1v) is 4.70. The van der Waals surface area contributed by atoms with E-state index in [4.69, 9.17) is 5.11 Å². The molecule has 0 aliphatic carbocycles. The zero-order chi connectivity index (χ0) is 11.2. The molecular formula is C11H12N2O2. The summed E-state index contributed by atoms with van der Waals surface area (Å²) in [4.78, 5) is 15.3. The second-order valence-corrected chi connectivity index (χ2v) is 3.75. The minimum absolute atomic E-state index is 0.247. The van der Waals surface area contributed by atoms with Gasteiger partial charge in [0.15, 0.2) is 5.69 Å². The van der Waals surface area contributed by atoms with Gasteiger partial charge in [-0.15, -0.1) is 0 Å². The third-order valence-electron chi connectivity index (χ3n) is 2.42. The molecule has 0 atom stereocenters. The summed E-state index contributed by atoms with van der Waals surface area (Å²) in [6.07, 6.45) is 1.80. The molecule has 0 aliphatic rings. The lowest BCUT2D eigenvalue weighted by molar-refractivity contribution is 0.0688. The second kappa shape index (κ2) is 3.08. The number of carboxylic acids is 1. The molecule has 0 spiro atoms. The van der Waals surface area contributed by atoms with Crippen molar-refractivity contribution < 1.29 is 9.90 Å². The van der Waals surface area contributed by atoms with Crippen LogP contribution in [0.15, 0.2) is 12.3 Å². The van der Waals surface area contributed by atoms with Gasteiger partial charge >= 0.3 is 5.97 Å². The molecule has 0 fully saturated rings. The van der Waals surface area contributed by atoms with E-state index in [1.807, 2.05) is 19.9 Å². The lowest BCUT2D eigenvalue weighted by Crippen LogP contribution is -2.04. The van der Waals surface area contributed by atoms with E-state index in [0.717, 1.165) is 16.8 Å². The number of nitrogens with zero attached hydrogens (tertiary/aromatic N) is 2. The highest BCUT2D eigenvalue weighted by molar-refractivity contribution is 5.88. The normalized spacial score (nSPS) is 10.9. The maximum absolute atomic E-state index is 11.1. The Morgan fingerprint density at radius 1 is 1.40 bits per heavy atom. The first kappa shape index (κ1) is 9.71. The van der Waals surface area contributed by atoms with Gasteiger partial charge in [0.1, 0.15) is 5.65 Å². The Labute approximate surface area is 87.2 Å². The first-order chi connectivity index (χ1) is 7.00. The Balaban J connectivity index is 2.93. The fourth-order valence-electron chi connectivity index (χ4n) is 1.85. The highest BCUT2D eigenvalue weighted by atomic mass is 16.4. The molecule has 78 valence electrons. The van der Waals surface area contributed by atoms with Crippen LogP contribution in [0.4, 0.5) is 0 Å². The average Bonchev–Trinajstić information content (AvgIpc) is 2.41. The summed E-state index contributed by atoms with van der Waals surface area (Å²) >= 11 is 0. The number of pyridine rings is 1. The third kappa shape index (κ3) is 1.38. The van der Waals surface area contributed by atoms with Gasteiger partial charge in [-0.05, 0) is 31.9 Å². The lowest BCUT2D eigenvalue weighted by Gasteiger charge is -2.02. The van der Waals surface area contributed by atoms with Crippen molar-refractivity contribution in [2.75, 3.05) is 0 Å². The highest BCUT2D eigenvalue weighted by Gasteiger charge is 2.16. The maximum Gasteiger partial charge on any atom is 0.354 e. The van der Waals surface area contributed by atoms with Crippen LogP contribution < -0.4 is 0 Å². The molecule has 0 amide bonds. The third-order valence-corrected chi connectivity index (χ3v) is 2.42. The standard InChI is InChI=1S/C11H12N2O2/c1-6-4-7(2)10-12-8(3)9(11(14)15)13(10)5-6/h4-5H,1-3H3,(H,14,15). The SMILES string of the molecule is Cc1cc(C)c2nc(C)c(C(=O)O)n2c1. The summed E-state index contributed by atoms with van der Waals surface area (Å²) in [5.41, 5.74) is 3.54. The molecule has 0 bridgehead atoms. The van der Waals surface area contributed by atoms with Gasteiger partial charge in [0.2, 0.25) is 0 Å². The van der Waals surface area contributed by atoms with Crippen molar-refractivity contribution in [2.24, 2.45) is 0 Å². The van der Waals surface area contributed by atoms with Gasteiger partial charge in [0, 0.05) is 6.20 Å². The van der Waals surface area contributed by atoms with Crippen molar-refractivity contribution in [3.63, 3.8) is 0 Å². The molecular weight excluding hydrogens is 192 g/mol. The van der Waals surface area contributed by atoms with E-state index in [1.54, 1.807) is 17.5 Å². The summed E-state index contributed by atoms with van der Waals surface area (Å²) in [7, 11) is 0. The van der Waals surface area contributed by atoms with E-state index in [9.17, 15) is 4.79 Å². The maximum atomic E-state index is 11.1. The molecule has 2 aromatic heterocycles. The van der Waals surface area contributed by atoms with Crippen LogP contribution in [0.3, 0.4) is 0 Å². The number of rotatable bonds is 1. The van der Waals surface area contributed by atoms with Crippen LogP contribution >= 0.6 is 0 Å². The van der Waals surface area contributed by atoms with Crippen LogP contribution in [0.1, 0.15) is 27.3 Å². The monoisotopic (exact) mass is 204 g/mol. The van der Waals surface area contributed by atoms with Crippen molar-refractivity contribution in [1.82, 2.24) is 9.38 Å². The van der Waals surface area contributed by atoms with Crippen molar-refractivity contribution in [2.45, 2.75) is 20.8 Å². The molecule has 15 heavy (non-hydrogen) atoms. The molecule has 0 radical (unpaired) electrons. The van der Waals surface area contributed by atoms with Crippen molar-refractivity contribution in [1.29, 1.82) is 0 Å². The summed E-state index contributed by atoms with van der Waals surface area (Å²) in [6.45, 7) is 5.58. The van der Waals surface area contributed by atoms with Crippen LogP contribution in [-0.4, -0.2) is 20.5 Å². The van der Waals surface area contributed by atoms with Crippen molar-refractivity contribution in [3.05, 3.63) is 34.8 Å². The first-order valence-electron chi connectivity index (χ1n) is 4.70. The van der Waals surface area contributed by atoms with Crippen LogP contribution in [0.25, 0.3) is 5.65 Å². The van der Waals surface area contributed by atoms with E-state index >= 15 is 0 Å². The summed E-state index contributed by atoms with van der Waals surface area (Å²) in [5, 5.41) is 9.07. The number of aryl methyl sites for hydroxylation is 3. The number of imidazole rings is 1. The second-order valence-electron chi connectivity index (χ2n) is 3.75. The highest BCUT2D eigenvalue weighted by Crippen LogP contribution is 2.16. The van der Waals surface area contributed by atoms with Gasteiger partial charge in [-0.2, -0.15) is 0 Å². The van der Waals surface area contributed by atoms with E-state index in [2.05, 4.69) is 4.98 Å². The molecule has 0 unspecified atom stereocenters. The molecule has 0 saturated heterocycles. The largest absolute Gasteiger partial charge is 0.477 e. The Morgan fingerprint density at radius 2 is 2.07 bits per heavy atom. The Morgan fingerprint density at radius 3 is 2.67 bits per heavy atom. The quantitative estimate of drug-likeness (QED) is 0.772. The van der Waals surface area contributed by atoms with Gasteiger partial charge in [0.05, 0.1) is 5.69 Å². The predicted octanol–water partition coefficient (Wildman–Crippen LogP) is 1.96. The number of aromatic carboxylic acids is 1. The van der Waals surface area contributed by atoms with Crippen molar-refractivity contribution >= 4 is 11.6 Å². The molecule has 2 aromatic rings. The topological polar surface area (TPSA) is 54.6 Å².